The highest BCUT2D eigenvalue weighted by atomic mass is 32.2. The van der Waals surface area contributed by atoms with Crippen LogP contribution in [0, 0.1) is 13.8 Å². The van der Waals surface area contributed by atoms with Gasteiger partial charge in [0.1, 0.15) is 0 Å². The molecule has 1 aromatic carbocycles. The summed E-state index contributed by atoms with van der Waals surface area (Å²) in [5, 5.41) is 8.25. The fourth-order valence-electron chi connectivity index (χ4n) is 1.63. The molecule has 19 heavy (non-hydrogen) atoms. The number of rotatable bonds is 6. The first-order chi connectivity index (χ1) is 8.79. The molecule has 0 aliphatic carbocycles. The number of nitrogens with one attached hydrogen (secondary N) is 1. The highest BCUT2D eigenvalue weighted by Gasteiger charge is 2.13. The van der Waals surface area contributed by atoms with Gasteiger partial charge in [-0.15, -0.1) is 0 Å². The van der Waals surface area contributed by atoms with Crippen molar-refractivity contribution in [3.05, 3.63) is 23.3 Å². The molecule has 0 bridgehead atoms. The monoisotopic (exact) mass is 288 g/mol. The van der Waals surface area contributed by atoms with E-state index in [9.17, 15) is 8.42 Å². The summed E-state index contributed by atoms with van der Waals surface area (Å²) in [7, 11) is -0.644. The van der Waals surface area contributed by atoms with Gasteiger partial charge in [-0.3, -0.25) is 0 Å². The number of aryl methyl sites for hydroxylation is 1. The van der Waals surface area contributed by atoms with Crippen molar-refractivity contribution in [2.24, 2.45) is 5.14 Å². The molecule has 0 unspecified atom stereocenters. The topological polar surface area (TPSA) is 90.6 Å². The molecule has 0 radical (unpaired) electrons. The van der Waals surface area contributed by atoms with Gasteiger partial charge < -0.3 is 14.8 Å². The van der Waals surface area contributed by atoms with Crippen molar-refractivity contribution < 1.29 is 17.9 Å². The molecule has 0 aliphatic rings. The van der Waals surface area contributed by atoms with Crippen LogP contribution in [0.3, 0.4) is 0 Å². The number of benzene rings is 1. The van der Waals surface area contributed by atoms with E-state index in [-0.39, 0.29) is 4.90 Å². The molecular formula is C12H20N2O4S. The lowest BCUT2D eigenvalue weighted by atomic mass is 10.1. The Hall–Kier alpha value is -1.15. The molecule has 1 rings (SSSR count). The lowest BCUT2D eigenvalue weighted by molar-refractivity contribution is -0.0914. The maximum absolute atomic E-state index is 11.4. The largest absolute Gasteiger partial charge is 0.380 e. The van der Waals surface area contributed by atoms with E-state index >= 15 is 0 Å². The number of hydrogen-bond donors (Lipinski definition) is 2. The molecule has 1 aromatic rings. The number of primary sulfonamides is 1. The van der Waals surface area contributed by atoms with E-state index in [0.29, 0.717) is 12.2 Å². The summed E-state index contributed by atoms with van der Waals surface area (Å²) in [6, 6.07) is 3.07. The third kappa shape index (κ3) is 4.17. The van der Waals surface area contributed by atoms with E-state index in [1.165, 1.54) is 20.3 Å². The minimum Gasteiger partial charge on any atom is -0.380 e. The van der Waals surface area contributed by atoms with Gasteiger partial charge in [-0.05, 0) is 37.1 Å². The van der Waals surface area contributed by atoms with Crippen molar-refractivity contribution in [1.82, 2.24) is 0 Å². The van der Waals surface area contributed by atoms with Crippen LogP contribution in [0.1, 0.15) is 11.1 Å². The van der Waals surface area contributed by atoms with Crippen LogP contribution in [0.5, 0.6) is 0 Å². The quantitative estimate of drug-likeness (QED) is 0.762. The molecule has 0 amide bonds. The van der Waals surface area contributed by atoms with Gasteiger partial charge in [0.05, 0.1) is 11.4 Å². The first-order valence-corrected chi connectivity index (χ1v) is 7.27. The van der Waals surface area contributed by atoms with Gasteiger partial charge >= 0.3 is 0 Å². The van der Waals surface area contributed by atoms with Crippen LogP contribution in [0.15, 0.2) is 17.0 Å². The third-order valence-corrected chi connectivity index (χ3v) is 3.85. The second-order valence-electron chi connectivity index (χ2n) is 4.24. The summed E-state index contributed by atoms with van der Waals surface area (Å²) < 4.78 is 32.9. The van der Waals surface area contributed by atoms with Gasteiger partial charge in [-0.2, -0.15) is 0 Å². The molecule has 0 fully saturated rings. The van der Waals surface area contributed by atoms with Crippen molar-refractivity contribution >= 4 is 15.7 Å². The van der Waals surface area contributed by atoms with Crippen molar-refractivity contribution in [2.75, 3.05) is 26.1 Å². The van der Waals surface area contributed by atoms with Crippen LogP contribution in [-0.4, -0.2) is 35.5 Å². The minimum absolute atomic E-state index is 0.0875. The van der Waals surface area contributed by atoms with Gasteiger partial charge in [-0.25, -0.2) is 13.6 Å². The van der Waals surface area contributed by atoms with E-state index in [4.69, 9.17) is 14.6 Å². The van der Waals surface area contributed by atoms with E-state index in [2.05, 4.69) is 5.32 Å². The van der Waals surface area contributed by atoms with Crippen LogP contribution in [-0.2, 0) is 19.5 Å². The second-order valence-corrected chi connectivity index (χ2v) is 5.80. The maximum atomic E-state index is 11.4. The number of nitrogens with two attached hydrogens (primary N) is 1. The van der Waals surface area contributed by atoms with Crippen LogP contribution in [0.25, 0.3) is 0 Å². The van der Waals surface area contributed by atoms with Crippen LogP contribution < -0.4 is 10.5 Å². The minimum atomic E-state index is -3.72. The van der Waals surface area contributed by atoms with E-state index in [1.807, 2.05) is 13.8 Å². The molecule has 0 atom stereocenters. The van der Waals surface area contributed by atoms with Crippen LogP contribution >= 0.6 is 0 Å². The zero-order valence-corrected chi connectivity index (χ0v) is 12.4. The van der Waals surface area contributed by atoms with Crippen LogP contribution in [0.4, 0.5) is 5.69 Å². The number of hydrogen-bond acceptors (Lipinski definition) is 5. The summed E-state index contributed by atoms with van der Waals surface area (Å²) in [5.41, 5.74) is 2.50. The Bertz CT molecular complexity index is 539. The summed E-state index contributed by atoms with van der Waals surface area (Å²) in [6.45, 7) is 4.14. The van der Waals surface area contributed by atoms with Gasteiger partial charge in [0.25, 0.3) is 0 Å². The number of anilines is 1. The fraction of sp³-hybridized carbons (Fsp3) is 0.500. The van der Waals surface area contributed by atoms with Crippen molar-refractivity contribution in [3.8, 4) is 0 Å². The Balaban J connectivity index is 3.03. The lowest BCUT2D eigenvalue weighted by Crippen LogP contribution is -2.24. The first kappa shape index (κ1) is 15.9. The van der Waals surface area contributed by atoms with E-state index in [1.54, 1.807) is 6.07 Å². The Morgan fingerprint density at radius 1 is 1.26 bits per heavy atom. The molecule has 0 saturated carbocycles. The highest BCUT2D eigenvalue weighted by molar-refractivity contribution is 7.89. The second kappa shape index (κ2) is 6.33. The Kier molecular flexibility index (Phi) is 5.30. The maximum Gasteiger partial charge on any atom is 0.238 e. The van der Waals surface area contributed by atoms with Crippen molar-refractivity contribution in [2.45, 2.75) is 25.0 Å². The molecular weight excluding hydrogens is 268 g/mol. The number of methoxy groups -OCH3 is 2. The molecule has 0 spiro atoms. The summed E-state index contributed by atoms with van der Waals surface area (Å²) >= 11 is 0. The molecule has 3 N–H and O–H groups in total. The normalized spacial score (nSPS) is 11.9. The highest BCUT2D eigenvalue weighted by Crippen LogP contribution is 2.23. The third-order valence-electron chi connectivity index (χ3n) is 2.95. The van der Waals surface area contributed by atoms with Crippen molar-refractivity contribution in [1.29, 1.82) is 0 Å². The number of ether oxygens (including phenoxy) is 2. The summed E-state index contributed by atoms with van der Waals surface area (Å²) in [4.78, 5) is 0.0875. The molecule has 0 aliphatic heterocycles. The van der Waals surface area contributed by atoms with E-state index < -0.39 is 16.3 Å². The zero-order valence-electron chi connectivity index (χ0n) is 11.6. The van der Waals surface area contributed by atoms with Gasteiger partial charge in [0, 0.05) is 19.9 Å². The predicted octanol–water partition coefficient (Wildman–Crippen LogP) is 0.982. The molecule has 108 valence electrons. The Morgan fingerprint density at radius 3 is 2.32 bits per heavy atom. The fourth-order valence-corrected chi connectivity index (χ4v) is 2.25. The standard InChI is InChI=1S/C12H20N2O4S/c1-8-5-10(19(13,15)16)6-11(9(8)2)14-7-12(17-3)18-4/h5-6,12,14H,7H2,1-4H3,(H2,13,15,16). The molecule has 6 nitrogen and oxygen atoms in total. The lowest BCUT2D eigenvalue weighted by Gasteiger charge is -2.17. The average molecular weight is 288 g/mol. The van der Waals surface area contributed by atoms with Gasteiger partial charge in [0.15, 0.2) is 6.29 Å². The van der Waals surface area contributed by atoms with Gasteiger partial charge in [-0.1, -0.05) is 0 Å². The smallest absolute Gasteiger partial charge is 0.238 e. The number of sulfonamides is 1. The first-order valence-electron chi connectivity index (χ1n) is 5.73. The summed E-state index contributed by atoms with van der Waals surface area (Å²) in [5.74, 6) is 0. The Morgan fingerprint density at radius 2 is 1.84 bits per heavy atom. The molecule has 0 heterocycles. The molecule has 0 aromatic heterocycles. The van der Waals surface area contributed by atoms with Crippen LogP contribution in [0.2, 0.25) is 0 Å². The Labute approximate surface area is 113 Å². The average Bonchev–Trinajstić information content (AvgIpc) is 2.33. The zero-order chi connectivity index (χ0) is 14.6. The molecule has 7 heteroatoms. The SMILES string of the molecule is COC(CNc1cc(S(N)(=O)=O)cc(C)c1C)OC. The predicted molar refractivity (Wildman–Crippen MR) is 73.6 cm³/mol. The van der Waals surface area contributed by atoms with E-state index in [0.717, 1.165) is 11.1 Å². The molecule has 0 saturated heterocycles. The van der Waals surface area contributed by atoms with Crippen molar-refractivity contribution in [3.63, 3.8) is 0 Å². The summed E-state index contributed by atoms with van der Waals surface area (Å²) in [6.07, 6.45) is -0.405. The van der Waals surface area contributed by atoms with Gasteiger partial charge in [0.2, 0.25) is 10.0 Å².